The number of nitrogens with one attached hydrogen (secondary N) is 2. The van der Waals surface area contributed by atoms with Crippen LogP contribution in [0.2, 0.25) is 0 Å². The molecule has 5 nitrogen and oxygen atoms in total. The van der Waals surface area contributed by atoms with Crippen LogP contribution in [0.25, 0.3) is 11.0 Å². The van der Waals surface area contributed by atoms with Gasteiger partial charge in [-0.1, -0.05) is 18.2 Å². The van der Waals surface area contributed by atoms with Crippen molar-refractivity contribution in [2.75, 3.05) is 11.9 Å². The zero-order valence-corrected chi connectivity index (χ0v) is 15.8. The van der Waals surface area contributed by atoms with Crippen molar-refractivity contribution in [1.29, 1.82) is 0 Å². The number of fused-ring (bicyclic) bond motifs is 2. The first kappa shape index (κ1) is 21.1. The molecule has 0 saturated heterocycles. The Morgan fingerprint density at radius 1 is 1.21 bits per heavy atom. The normalized spacial score (nSPS) is 13.7. The van der Waals surface area contributed by atoms with Crippen LogP contribution in [0.5, 0.6) is 0 Å². The van der Waals surface area contributed by atoms with Crippen LogP contribution in [0.1, 0.15) is 17.0 Å². The van der Waals surface area contributed by atoms with Crippen LogP contribution >= 0.6 is 12.4 Å². The summed E-state index contributed by atoms with van der Waals surface area (Å²) in [5, 5.41) is 5.52. The molecule has 0 atom stereocenters. The maximum Gasteiger partial charge on any atom is 0.449 e. The minimum Gasteiger partial charge on any atom is -0.322 e. The maximum atomic E-state index is 14.7. The van der Waals surface area contributed by atoms with Crippen molar-refractivity contribution in [3.8, 4) is 0 Å². The Morgan fingerprint density at radius 3 is 2.72 bits per heavy atom. The Labute approximate surface area is 169 Å². The van der Waals surface area contributed by atoms with Crippen LogP contribution < -0.4 is 10.6 Å². The van der Waals surface area contributed by atoms with Gasteiger partial charge in [0, 0.05) is 6.54 Å². The van der Waals surface area contributed by atoms with Gasteiger partial charge in [0.1, 0.15) is 12.4 Å². The van der Waals surface area contributed by atoms with E-state index in [9.17, 15) is 22.4 Å². The lowest BCUT2D eigenvalue weighted by Crippen LogP contribution is -2.26. The molecule has 1 aliphatic rings. The average Bonchev–Trinajstić information content (AvgIpc) is 3.03. The SMILES string of the molecule is Cl.O=C(Cn1c(C(F)(F)F)nc2ccccc21)Nc1ccc2c(c1F)CCNC2. The van der Waals surface area contributed by atoms with Gasteiger partial charge in [0.2, 0.25) is 11.7 Å². The number of para-hydroxylation sites is 2. The van der Waals surface area contributed by atoms with E-state index in [1.165, 1.54) is 18.2 Å². The number of halogens is 5. The summed E-state index contributed by atoms with van der Waals surface area (Å²) in [6.07, 6.45) is -4.24. The lowest BCUT2D eigenvalue weighted by Gasteiger charge is -2.19. The first-order valence-corrected chi connectivity index (χ1v) is 8.68. The van der Waals surface area contributed by atoms with Gasteiger partial charge in [-0.3, -0.25) is 4.79 Å². The number of rotatable bonds is 3. The summed E-state index contributed by atoms with van der Waals surface area (Å²) in [5.41, 5.74) is 1.60. The molecule has 3 aromatic rings. The molecule has 0 radical (unpaired) electrons. The van der Waals surface area contributed by atoms with Crippen molar-refractivity contribution in [2.24, 2.45) is 0 Å². The number of aromatic nitrogens is 2. The van der Waals surface area contributed by atoms with Gasteiger partial charge >= 0.3 is 6.18 Å². The Balaban J connectivity index is 0.00000240. The molecule has 0 unspecified atom stereocenters. The second kappa shape index (κ2) is 8.00. The van der Waals surface area contributed by atoms with E-state index in [1.807, 2.05) is 0 Å². The zero-order valence-electron chi connectivity index (χ0n) is 15.0. The number of hydrogen-bond donors (Lipinski definition) is 2. The minimum absolute atomic E-state index is 0. The standard InChI is InChI=1S/C19H16F4N4O.ClH/c20-17-12-7-8-24-9-11(12)5-6-14(17)25-16(28)10-27-15-4-2-1-3-13(15)26-18(27)19(21,22)23;/h1-6,24H,7-10H2,(H,25,28);1H. The Kier molecular flexibility index (Phi) is 5.81. The number of nitrogens with zero attached hydrogens (tertiary/aromatic N) is 2. The monoisotopic (exact) mass is 428 g/mol. The molecular formula is C19H17ClF4N4O. The van der Waals surface area contributed by atoms with E-state index in [0.717, 1.165) is 10.1 Å². The van der Waals surface area contributed by atoms with Gasteiger partial charge in [-0.25, -0.2) is 9.37 Å². The zero-order chi connectivity index (χ0) is 19.9. The molecule has 1 amide bonds. The van der Waals surface area contributed by atoms with Gasteiger partial charge < -0.3 is 15.2 Å². The fraction of sp³-hybridized carbons (Fsp3) is 0.263. The van der Waals surface area contributed by atoms with Gasteiger partial charge in [0.05, 0.1) is 16.7 Å². The maximum absolute atomic E-state index is 14.7. The van der Waals surface area contributed by atoms with Gasteiger partial charge in [-0.2, -0.15) is 13.2 Å². The highest BCUT2D eigenvalue weighted by Gasteiger charge is 2.38. The predicted octanol–water partition coefficient (Wildman–Crippen LogP) is 3.90. The third-order valence-corrected chi connectivity index (χ3v) is 4.69. The second-order valence-corrected chi connectivity index (χ2v) is 6.55. The van der Waals surface area contributed by atoms with E-state index in [0.29, 0.717) is 25.1 Å². The molecule has 10 heteroatoms. The van der Waals surface area contributed by atoms with E-state index in [2.05, 4.69) is 15.6 Å². The summed E-state index contributed by atoms with van der Waals surface area (Å²) < 4.78 is 55.5. The van der Waals surface area contributed by atoms with Crippen molar-refractivity contribution >= 4 is 35.0 Å². The van der Waals surface area contributed by atoms with Crippen LogP contribution in [0.3, 0.4) is 0 Å². The number of imidazole rings is 1. The molecule has 0 fully saturated rings. The number of benzene rings is 2. The number of hydrogen-bond acceptors (Lipinski definition) is 3. The summed E-state index contributed by atoms with van der Waals surface area (Å²) >= 11 is 0. The molecule has 4 rings (SSSR count). The second-order valence-electron chi connectivity index (χ2n) is 6.55. The molecule has 2 aromatic carbocycles. The number of anilines is 1. The van der Waals surface area contributed by atoms with Crippen LogP contribution in [0.15, 0.2) is 36.4 Å². The molecule has 0 bridgehead atoms. The van der Waals surface area contributed by atoms with Crippen molar-refractivity contribution in [3.63, 3.8) is 0 Å². The average molecular weight is 429 g/mol. The van der Waals surface area contributed by atoms with Crippen molar-refractivity contribution in [2.45, 2.75) is 25.7 Å². The first-order chi connectivity index (χ1) is 13.3. The van der Waals surface area contributed by atoms with Crippen LogP contribution in [-0.2, 0) is 30.5 Å². The highest BCUT2D eigenvalue weighted by molar-refractivity contribution is 5.92. The molecule has 2 heterocycles. The summed E-state index contributed by atoms with van der Waals surface area (Å²) in [4.78, 5) is 16.0. The van der Waals surface area contributed by atoms with E-state index in [4.69, 9.17) is 0 Å². The molecule has 0 spiro atoms. The number of carbonyl (C=O) groups excluding carboxylic acids is 1. The van der Waals surface area contributed by atoms with E-state index in [-0.39, 0.29) is 29.1 Å². The Bertz CT molecular complexity index is 1060. The van der Waals surface area contributed by atoms with Gasteiger partial charge in [-0.05, 0) is 42.3 Å². The van der Waals surface area contributed by atoms with E-state index in [1.54, 1.807) is 18.2 Å². The largest absolute Gasteiger partial charge is 0.449 e. The number of alkyl halides is 3. The topological polar surface area (TPSA) is 59.0 Å². The first-order valence-electron chi connectivity index (χ1n) is 8.68. The smallest absolute Gasteiger partial charge is 0.322 e. The molecule has 2 N–H and O–H groups in total. The quantitative estimate of drug-likeness (QED) is 0.622. The lowest BCUT2D eigenvalue weighted by molar-refractivity contribution is -0.147. The molecule has 0 saturated carbocycles. The number of carbonyl (C=O) groups is 1. The highest BCUT2D eigenvalue weighted by Crippen LogP contribution is 2.31. The lowest BCUT2D eigenvalue weighted by atomic mass is 9.99. The molecule has 1 aromatic heterocycles. The predicted molar refractivity (Wildman–Crippen MR) is 102 cm³/mol. The number of amides is 1. The van der Waals surface area contributed by atoms with E-state index >= 15 is 0 Å². The third kappa shape index (κ3) is 4.06. The van der Waals surface area contributed by atoms with Crippen molar-refractivity contribution in [1.82, 2.24) is 14.9 Å². The summed E-state index contributed by atoms with van der Waals surface area (Å²) in [7, 11) is 0. The Morgan fingerprint density at radius 2 is 1.97 bits per heavy atom. The summed E-state index contributed by atoms with van der Waals surface area (Å²) in [6.45, 7) is 0.529. The Hall–Kier alpha value is -2.65. The molecular weight excluding hydrogens is 412 g/mol. The van der Waals surface area contributed by atoms with Gasteiger partial charge in [-0.15, -0.1) is 12.4 Å². The van der Waals surface area contributed by atoms with Crippen LogP contribution in [-0.4, -0.2) is 22.0 Å². The fourth-order valence-electron chi connectivity index (χ4n) is 3.42. The summed E-state index contributed by atoms with van der Waals surface area (Å²) in [6, 6.07) is 9.16. The molecule has 1 aliphatic heterocycles. The van der Waals surface area contributed by atoms with Gasteiger partial charge in [0.25, 0.3) is 0 Å². The highest BCUT2D eigenvalue weighted by atomic mass is 35.5. The fourth-order valence-corrected chi connectivity index (χ4v) is 3.42. The van der Waals surface area contributed by atoms with Crippen molar-refractivity contribution < 1.29 is 22.4 Å². The van der Waals surface area contributed by atoms with Crippen LogP contribution in [0, 0.1) is 5.82 Å². The molecule has 0 aliphatic carbocycles. The van der Waals surface area contributed by atoms with Crippen LogP contribution in [0.4, 0.5) is 23.2 Å². The summed E-state index contributed by atoms with van der Waals surface area (Å²) in [5.74, 6) is -2.47. The minimum atomic E-state index is -4.72. The van der Waals surface area contributed by atoms with Gasteiger partial charge in [0.15, 0.2) is 0 Å². The molecule has 154 valence electrons. The van der Waals surface area contributed by atoms with E-state index < -0.39 is 30.3 Å². The third-order valence-electron chi connectivity index (χ3n) is 4.69. The van der Waals surface area contributed by atoms with Crippen molar-refractivity contribution in [3.05, 3.63) is 59.2 Å². The molecule has 29 heavy (non-hydrogen) atoms.